The van der Waals surface area contributed by atoms with Crippen molar-refractivity contribution in [2.75, 3.05) is 13.2 Å². The van der Waals surface area contributed by atoms with Crippen molar-refractivity contribution in [1.82, 2.24) is 10.9 Å². The molecule has 0 saturated carbocycles. The van der Waals surface area contributed by atoms with Crippen LogP contribution in [0.1, 0.15) is 34.8 Å². The summed E-state index contributed by atoms with van der Waals surface area (Å²) in [6.07, 6.45) is 0.836. The molecule has 2 N–H and O–H groups in total. The first-order valence-corrected chi connectivity index (χ1v) is 8.51. The lowest BCUT2D eigenvalue weighted by atomic mass is 10.1. The van der Waals surface area contributed by atoms with Gasteiger partial charge in [0.2, 0.25) is 0 Å². The molecule has 0 unspecified atom stereocenters. The summed E-state index contributed by atoms with van der Waals surface area (Å²) in [5.74, 6) is 0.191. The molecular weight excluding hydrogens is 332 g/mol. The van der Waals surface area contributed by atoms with Gasteiger partial charge in [-0.3, -0.25) is 20.4 Å². The SMILES string of the molecule is CCCOc1ccccc1C(=O)NNC(=O)COc1cc(C)cc(C)c1. The van der Waals surface area contributed by atoms with E-state index < -0.39 is 11.8 Å². The molecule has 26 heavy (non-hydrogen) atoms. The predicted molar refractivity (Wildman–Crippen MR) is 99.2 cm³/mol. The van der Waals surface area contributed by atoms with Crippen molar-refractivity contribution in [2.45, 2.75) is 27.2 Å². The average Bonchev–Trinajstić information content (AvgIpc) is 2.62. The summed E-state index contributed by atoms with van der Waals surface area (Å²) in [6, 6.07) is 12.6. The van der Waals surface area contributed by atoms with E-state index in [1.54, 1.807) is 24.3 Å². The van der Waals surface area contributed by atoms with Crippen LogP contribution in [0, 0.1) is 13.8 Å². The molecule has 6 nitrogen and oxygen atoms in total. The van der Waals surface area contributed by atoms with Crippen LogP contribution in [0.15, 0.2) is 42.5 Å². The highest BCUT2D eigenvalue weighted by atomic mass is 16.5. The normalized spacial score (nSPS) is 10.1. The van der Waals surface area contributed by atoms with E-state index in [0.29, 0.717) is 23.7 Å². The van der Waals surface area contributed by atoms with Crippen LogP contribution < -0.4 is 20.3 Å². The molecule has 2 aromatic carbocycles. The molecular formula is C20H24N2O4. The van der Waals surface area contributed by atoms with Crippen molar-refractivity contribution in [1.29, 1.82) is 0 Å². The van der Waals surface area contributed by atoms with Gasteiger partial charge in [-0.2, -0.15) is 0 Å². The smallest absolute Gasteiger partial charge is 0.276 e. The number of carbonyl (C=O) groups is 2. The highest BCUT2D eigenvalue weighted by Gasteiger charge is 2.13. The fourth-order valence-electron chi connectivity index (χ4n) is 2.39. The van der Waals surface area contributed by atoms with E-state index in [1.165, 1.54) is 0 Å². The van der Waals surface area contributed by atoms with Crippen LogP contribution in [0.3, 0.4) is 0 Å². The van der Waals surface area contributed by atoms with Gasteiger partial charge in [0.05, 0.1) is 12.2 Å². The molecule has 2 rings (SSSR count). The second-order valence-corrected chi connectivity index (χ2v) is 5.96. The molecule has 0 radical (unpaired) electrons. The number of para-hydroxylation sites is 1. The lowest BCUT2D eigenvalue weighted by Crippen LogP contribution is -2.43. The van der Waals surface area contributed by atoms with E-state index >= 15 is 0 Å². The van der Waals surface area contributed by atoms with Gasteiger partial charge in [-0.05, 0) is 55.7 Å². The van der Waals surface area contributed by atoms with Crippen molar-refractivity contribution in [3.05, 3.63) is 59.2 Å². The third-order valence-electron chi connectivity index (χ3n) is 3.47. The fourth-order valence-corrected chi connectivity index (χ4v) is 2.39. The molecule has 2 amide bonds. The first-order valence-electron chi connectivity index (χ1n) is 8.51. The molecule has 0 aliphatic rings. The van der Waals surface area contributed by atoms with E-state index in [4.69, 9.17) is 9.47 Å². The zero-order valence-corrected chi connectivity index (χ0v) is 15.3. The van der Waals surface area contributed by atoms with Gasteiger partial charge in [0.15, 0.2) is 6.61 Å². The Balaban J connectivity index is 1.86. The molecule has 0 aromatic heterocycles. The lowest BCUT2D eigenvalue weighted by Gasteiger charge is -2.12. The number of ether oxygens (including phenoxy) is 2. The van der Waals surface area contributed by atoms with Crippen molar-refractivity contribution in [2.24, 2.45) is 0 Å². The number of benzene rings is 2. The molecule has 0 heterocycles. The van der Waals surface area contributed by atoms with Crippen LogP contribution in [0.2, 0.25) is 0 Å². The van der Waals surface area contributed by atoms with Crippen LogP contribution >= 0.6 is 0 Å². The second-order valence-electron chi connectivity index (χ2n) is 5.96. The molecule has 0 atom stereocenters. The summed E-state index contributed by atoms with van der Waals surface area (Å²) in [6.45, 7) is 6.21. The van der Waals surface area contributed by atoms with Gasteiger partial charge < -0.3 is 9.47 Å². The van der Waals surface area contributed by atoms with Crippen LogP contribution in [-0.4, -0.2) is 25.0 Å². The minimum Gasteiger partial charge on any atom is -0.493 e. The second kappa shape index (κ2) is 9.46. The molecule has 0 saturated heterocycles. The van der Waals surface area contributed by atoms with Crippen molar-refractivity contribution < 1.29 is 19.1 Å². The highest BCUT2D eigenvalue weighted by Crippen LogP contribution is 2.18. The quantitative estimate of drug-likeness (QED) is 0.748. The zero-order valence-electron chi connectivity index (χ0n) is 15.3. The highest BCUT2D eigenvalue weighted by molar-refractivity contribution is 5.97. The van der Waals surface area contributed by atoms with Gasteiger partial charge in [0, 0.05) is 0 Å². The maximum atomic E-state index is 12.3. The fraction of sp³-hybridized carbons (Fsp3) is 0.300. The Bertz CT molecular complexity index is 754. The first-order chi connectivity index (χ1) is 12.5. The minimum absolute atomic E-state index is 0.197. The van der Waals surface area contributed by atoms with Crippen LogP contribution in [-0.2, 0) is 4.79 Å². The van der Waals surface area contributed by atoms with Crippen molar-refractivity contribution >= 4 is 11.8 Å². The van der Waals surface area contributed by atoms with E-state index in [2.05, 4.69) is 10.9 Å². The summed E-state index contributed by atoms with van der Waals surface area (Å²) < 4.78 is 11.0. The standard InChI is InChI=1S/C20H24N2O4/c1-4-9-25-18-8-6-5-7-17(18)20(24)22-21-19(23)13-26-16-11-14(2)10-15(3)12-16/h5-8,10-12H,4,9,13H2,1-3H3,(H,21,23)(H,22,24). The number of amides is 2. The largest absolute Gasteiger partial charge is 0.493 e. The number of hydrogen-bond acceptors (Lipinski definition) is 4. The first kappa shape index (κ1) is 19.3. The monoisotopic (exact) mass is 356 g/mol. The molecule has 6 heteroatoms. The number of aryl methyl sites for hydroxylation is 2. The maximum absolute atomic E-state index is 12.3. The molecule has 138 valence electrons. The Labute approximate surface area is 153 Å². The Morgan fingerprint density at radius 2 is 1.65 bits per heavy atom. The molecule has 2 aromatic rings. The predicted octanol–water partition coefficient (Wildman–Crippen LogP) is 2.93. The third-order valence-corrected chi connectivity index (χ3v) is 3.47. The Kier molecular flexibility index (Phi) is 7.02. The molecule has 0 spiro atoms. The summed E-state index contributed by atoms with van der Waals surface area (Å²) in [5.41, 5.74) is 7.18. The molecule has 0 fully saturated rings. The topological polar surface area (TPSA) is 76.7 Å². The van der Waals surface area contributed by atoms with Gasteiger partial charge >= 0.3 is 0 Å². The summed E-state index contributed by atoms with van der Waals surface area (Å²) in [4.78, 5) is 24.1. The van der Waals surface area contributed by atoms with E-state index in [1.807, 2.05) is 39.0 Å². The van der Waals surface area contributed by atoms with Gasteiger partial charge in [0.1, 0.15) is 11.5 Å². The number of hydrogen-bond donors (Lipinski definition) is 2. The molecule has 0 bridgehead atoms. The van der Waals surface area contributed by atoms with Gasteiger partial charge in [-0.25, -0.2) is 0 Å². The number of carbonyl (C=O) groups excluding carboxylic acids is 2. The summed E-state index contributed by atoms with van der Waals surface area (Å²) >= 11 is 0. The summed E-state index contributed by atoms with van der Waals surface area (Å²) in [7, 11) is 0. The van der Waals surface area contributed by atoms with Crippen molar-refractivity contribution in [3.63, 3.8) is 0 Å². The van der Waals surface area contributed by atoms with Crippen LogP contribution in [0.5, 0.6) is 11.5 Å². The number of rotatable bonds is 7. The van der Waals surface area contributed by atoms with Gasteiger partial charge in [-0.1, -0.05) is 25.1 Å². The van der Waals surface area contributed by atoms with Crippen molar-refractivity contribution in [3.8, 4) is 11.5 Å². The maximum Gasteiger partial charge on any atom is 0.276 e. The third kappa shape index (κ3) is 5.81. The zero-order chi connectivity index (χ0) is 18.9. The lowest BCUT2D eigenvalue weighted by molar-refractivity contribution is -0.123. The van der Waals surface area contributed by atoms with Crippen LogP contribution in [0.25, 0.3) is 0 Å². The molecule has 0 aliphatic heterocycles. The molecule has 0 aliphatic carbocycles. The number of hydrazine groups is 1. The van der Waals surface area contributed by atoms with E-state index in [-0.39, 0.29) is 6.61 Å². The van der Waals surface area contributed by atoms with Crippen LogP contribution in [0.4, 0.5) is 0 Å². The average molecular weight is 356 g/mol. The Morgan fingerprint density at radius 1 is 0.962 bits per heavy atom. The van der Waals surface area contributed by atoms with Gasteiger partial charge in [0.25, 0.3) is 11.8 Å². The van der Waals surface area contributed by atoms with Gasteiger partial charge in [-0.15, -0.1) is 0 Å². The van der Waals surface area contributed by atoms with E-state index in [9.17, 15) is 9.59 Å². The van der Waals surface area contributed by atoms with E-state index in [0.717, 1.165) is 17.5 Å². The Hall–Kier alpha value is -3.02. The minimum atomic E-state index is -0.454. The number of nitrogens with one attached hydrogen (secondary N) is 2. The Morgan fingerprint density at radius 3 is 2.35 bits per heavy atom. The summed E-state index contributed by atoms with van der Waals surface area (Å²) in [5, 5.41) is 0.